The highest BCUT2D eigenvalue weighted by Crippen LogP contribution is 2.27. The highest BCUT2D eigenvalue weighted by Gasteiger charge is 2.12. The number of benzene rings is 1. The van der Waals surface area contributed by atoms with E-state index in [2.05, 4.69) is 50.8 Å². The summed E-state index contributed by atoms with van der Waals surface area (Å²) >= 11 is 0. The summed E-state index contributed by atoms with van der Waals surface area (Å²) in [6.07, 6.45) is 1.75. The van der Waals surface area contributed by atoms with Crippen LogP contribution in [0.4, 0.5) is 17.5 Å². The fourth-order valence-electron chi connectivity index (χ4n) is 2.36. The number of aryl methyl sites for hydroxylation is 3. The number of hydrogen-bond acceptors (Lipinski definition) is 6. The van der Waals surface area contributed by atoms with Crippen molar-refractivity contribution in [3.63, 3.8) is 0 Å². The zero-order valence-electron chi connectivity index (χ0n) is 13.5. The Balaban J connectivity index is 2.06. The van der Waals surface area contributed by atoms with E-state index >= 15 is 0 Å². The molecule has 1 aromatic carbocycles. The van der Waals surface area contributed by atoms with Crippen LogP contribution >= 0.6 is 0 Å². The van der Waals surface area contributed by atoms with Crippen molar-refractivity contribution < 1.29 is 5.11 Å². The minimum absolute atomic E-state index is 0.0204. The number of anilines is 3. The van der Waals surface area contributed by atoms with Gasteiger partial charge >= 0.3 is 0 Å². The van der Waals surface area contributed by atoms with Crippen molar-refractivity contribution in [1.82, 2.24) is 19.7 Å². The van der Waals surface area contributed by atoms with Gasteiger partial charge < -0.3 is 15.7 Å². The SMILES string of the molecule is Cc1ccc(C)c(Nc2nc(NCCO)nc3c2cnn3C)c1. The maximum atomic E-state index is 8.98. The molecule has 0 spiro atoms. The summed E-state index contributed by atoms with van der Waals surface area (Å²) in [6.45, 7) is 4.52. The number of aliphatic hydroxyl groups is 1. The average molecular weight is 312 g/mol. The summed E-state index contributed by atoms with van der Waals surface area (Å²) in [4.78, 5) is 8.96. The standard InChI is InChI=1S/C16H20N6O/c1-10-4-5-11(2)13(8-10)19-14-12-9-18-22(3)15(12)21-16(20-14)17-6-7-23/h4-5,8-9,23H,6-7H2,1-3H3,(H2,17,19,20,21). The minimum atomic E-state index is 0.0204. The van der Waals surface area contributed by atoms with Crippen molar-refractivity contribution in [1.29, 1.82) is 0 Å². The molecule has 23 heavy (non-hydrogen) atoms. The topological polar surface area (TPSA) is 87.9 Å². The molecule has 0 unspecified atom stereocenters. The van der Waals surface area contributed by atoms with Gasteiger partial charge in [0, 0.05) is 19.3 Å². The lowest BCUT2D eigenvalue weighted by Gasteiger charge is -2.12. The molecule has 0 aliphatic carbocycles. The maximum Gasteiger partial charge on any atom is 0.226 e. The lowest BCUT2D eigenvalue weighted by atomic mass is 10.1. The van der Waals surface area contributed by atoms with E-state index in [4.69, 9.17) is 5.11 Å². The smallest absolute Gasteiger partial charge is 0.226 e. The van der Waals surface area contributed by atoms with Gasteiger partial charge in [0.2, 0.25) is 5.95 Å². The molecule has 3 aromatic rings. The normalized spacial score (nSPS) is 11.0. The Morgan fingerprint density at radius 3 is 2.83 bits per heavy atom. The van der Waals surface area contributed by atoms with Crippen molar-refractivity contribution in [2.24, 2.45) is 7.05 Å². The summed E-state index contributed by atoms with van der Waals surface area (Å²) in [5, 5.41) is 20.5. The highest BCUT2D eigenvalue weighted by atomic mass is 16.3. The van der Waals surface area contributed by atoms with Crippen LogP contribution in [0, 0.1) is 13.8 Å². The van der Waals surface area contributed by atoms with Crippen molar-refractivity contribution in [3.8, 4) is 0 Å². The molecule has 0 radical (unpaired) electrons. The van der Waals surface area contributed by atoms with E-state index < -0.39 is 0 Å². The molecule has 0 fully saturated rings. The highest BCUT2D eigenvalue weighted by molar-refractivity contribution is 5.89. The molecule has 0 aliphatic heterocycles. The van der Waals surface area contributed by atoms with Crippen molar-refractivity contribution in [2.75, 3.05) is 23.8 Å². The van der Waals surface area contributed by atoms with E-state index in [0.717, 1.165) is 22.3 Å². The number of nitrogens with one attached hydrogen (secondary N) is 2. The molecule has 0 saturated heterocycles. The quantitative estimate of drug-likeness (QED) is 0.669. The Bertz CT molecular complexity index is 842. The summed E-state index contributed by atoms with van der Waals surface area (Å²) in [5.41, 5.74) is 4.04. The third-order valence-corrected chi connectivity index (χ3v) is 3.63. The molecule has 2 aromatic heterocycles. The van der Waals surface area contributed by atoms with Gasteiger partial charge in [0.1, 0.15) is 5.82 Å². The molecule has 3 N–H and O–H groups in total. The summed E-state index contributed by atoms with van der Waals surface area (Å²) in [5.74, 6) is 1.15. The van der Waals surface area contributed by atoms with Gasteiger partial charge in [-0.3, -0.25) is 4.68 Å². The van der Waals surface area contributed by atoms with Crippen LogP contribution in [-0.2, 0) is 7.05 Å². The number of aromatic nitrogens is 4. The van der Waals surface area contributed by atoms with E-state index in [9.17, 15) is 0 Å². The number of fused-ring (bicyclic) bond motifs is 1. The van der Waals surface area contributed by atoms with E-state index in [0.29, 0.717) is 18.3 Å². The van der Waals surface area contributed by atoms with Crippen LogP contribution in [0.1, 0.15) is 11.1 Å². The molecule has 0 saturated carbocycles. The summed E-state index contributed by atoms with van der Waals surface area (Å²) < 4.78 is 1.70. The van der Waals surface area contributed by atoms with Gasteiger partial charge in [0.15, 0.2) is 5.65 Å². The average Bonchev–Trinajstić information content (AvgIpc) is 2.90. The fraction of sp³-hybridized carbons (Fsp3) is 0.312. The predicted octanol–water partition coefficient (Wildman–Crippen LogP) is 2.13. The largest absolute Gasteiger partial charge is 0.395 e. The molecular weight excluding hydrogens is 292 g/mol. The molecule has 0 bridgehead atoms. The zero-order valence-corrected chi connectivity index (χ0v) is 13.5. The van der Waals surface area contributed by atoms with Crippen LogP contribution in [0.3, 0.4) is 0 Å². The Hall–Kier alpha value is -2.67. The predicted molar refractivity (Wildman–Crippen MR) is 91.1 cm³/mol. The van der Waals surface area contributed by atoms with Gasteiger partial charge in [-0.1, -0.05) is 12.1 Å². The van der Waals surface area contributed by atoms with E-state index in [1.807, 2.05) is 14.0 Å². The number of aliphatic hydroxyl groups excluding tert-OH is 1. The summed E-state index contributed by atoms with van der Waals surface area (Å²) in [6, 6.07) is 6.24. The minimum Gasteiger partial charge on any atom is -0.395 e. The van der Waals surface area contributed by atoms with Crippen LogP contribution in [-0.4, -0.2) is 38.0 Å². The third-order valence-electron chi connectivity index (χ3n) is 3.63. The van der Waals surface area contributed by atoms with E-state index in [1.54, 1.807) is 10.9 Å². The van der Waals surface area contributed by atoms with E-state index in [-0.39, 0.29) is 6.61 Å². The van der Waals surface area contributed by atoms with Crippen molar-refractivity contribution >= 4 is 28.5 Å². The molecule has 7 heteroatoms. The van der Waals surface area contributed by atoms with Crippen molar-refractivity contribution in [3.05, 3.63) is 35.5 Å². The Morgan fingerprint density at radius 1 is 1.22 bits per heavy atom. The molecule has 0 atom stereocenters. The van der Waals surface area contributed by atoms with Crippen LogP contribution in [0.25, 0.3) is 11.0 Å². The summed E-state index contributed by atoms with van der Waals surface area (Å²) in [7, 11) is 1.84. The van der Waals surface area contributed by atoms with Crippen molar-refractivity contribution in [2.45, 2.75) is 13.8 Å². The first-order valence-corrected chi connectivity index (χ1v) is 7.47. The number of rotatable bonds is 5. The number of nitrogens with zero attached hydrogens (tertiary/aromatic N) is 4. The zero-order chi connectivity index (χ0) is 16.4. The van der Waals surface area contributed by atoms with Gasteiger partial charge in [0.25, 0.3) is 0 Å². The lowest BCUT2D eigenvalue weighted by molar-refractivity contribution is 0.311. The monoisotopic (exact) mass is 312 g/mol. The maximum absolute atomic E-state index is 8.98. The van der Waals surface area contributed by atoms with Crippen LogP contribution in [0.5, 0.6) is 0 Å². The van der Waals surface area contributed by atoms with Crippen LogP contribution in [0.15, 0.2) is 24.4 Å². The second-order valence-electron chi connectivity index (χ2n) is 5.50. The Kier molecular flexibility index (Phi) is 4.12. The molecule has 3 rings (SSSR count). The Labute approximate surface area is 134 Å². The fourth-order valence-corrected chi connectivity index (χ4v) is 2.36. The molecule has 7 nitrogen and oxygen atoms in total. The molecule has 120 valence electrons. The first-order chi connectivity index (χ1) is 11.1. The molecular formula is C16H20N6O. The van der Waals surface area contributed by atoms with Gasteiger partial charge in [-0.2, -0.15) is 15.1 Å². The lowest BCUT2D eigenvalue weighted by Crippen LogP contribution is -2.10. The second kappa shape index (κ2) is 6.21. The second-order valence-corrected chi connectivity index (χ2v) is 5.50. The van der Waals surface area contributed by atoms with Crippen LogP contribution < -0.4 is 10.6 Å². The molecule has 0 aliphatic rings. The van der Waals surface area contributed by atoms with Gasteiger partial charge in [-0.05, 0) is 31.0 Å². The molecule has 2 heterocycles. The first-order valence-electron chi connectivity index (χ1n) is 7.47. The first kappa shape index (κ1) is 15.2. The molecule has 0 amide bonds. The van der Waals surface area contributed by atoms with Gasteiger partial charge in [-0.15, -0.1) is 0 Å². The van der Waals surface area contributed by atoms with Crippen LogP contribution in [0.2, 0.25) is 0 Å². The number of hydrogen-bond donors (Lipinski definition) is 3. The van der Waals surface area contributed by atoms with E-state index in [1.165, 1.54) is 5.56 Å². The van der Waals surface area contributed by atoms with Gasteiger partial charge in [0.05, 0.1) is 18.2 Å². The third kappa shape index (κ3) is 3.09. The Morgan fingerprint density at radius 2 is 2.04 bits per heavy atom. The van der Waals surface area contributed by atoms with Gasteiger partial charge in [-0.25, -0.2) is 0 Å².